The van der Waals surface area contributed by atoms with Crippen molar-refractivity contribution in [3.63, 3.8) is 0 Å². The van der Waals surface area contributed by atoms with Crippen LogP contribution in [0.4, 0.5) is 13.6 Å². The van der Waals surface area contributed by atoms with Crippen LogP contribution in [0.3, 0.4) is 0 Å². The summed E-state index contributed by atoms with van der Waals surface area (Å²) in [6, 6.07) is 13.1. The second-order valence-corrected chi connectivity index (χ2v) is 14.2. The fourth-order valence-corrected chi connectivity index (χ4v) is 6.75. The molecule has 2 aliphatic rings. The molecule has 50 heavy (non-hydrogen) atoms. The Hall–Kier alpha value is -3.93. The predicted molar refractivity (Wildman–Crippen MR) is 186 cm³/mol. The van der Waals surface area contributed by atoms with Gasteiger partial charge in [-0.15, -0.1) is 0 Å². The molecule has 1 fully saturated rings. The minimum Gasteiger partial charge on any atom is -0.488 e. The molecular formula is C38H45ClF2N2O7. The Labute approximate surface area is 297 Å². The number of carbonyl (C=O) groups is 2. The summed E-state index contributed by atoms with van der Waals surface area (Å²) in [6.07, 6.45) is 1.32. The molecule has 3 aromatic rings. The third-order valence-corrected chi connectivity index (χ3v) is 9.28. The second-order valence-electron chi connectivity index (χ2n) is 13.8. The first-order valence-corrected chi connectivity index (χ1v) is 17.2. The summed E-state index contributed by atoms with van der Waals surface area (Å²) >= 11 is 6.74. The molecule has 12 heteroatoms. The van der Waals surface area contributed by atoms with Crippen LogP contribution in [0.5, 0.6) is 11.5 Å². The van der Waals surface area contributed by atoms with E-state index in [1.165, 1.54) is 24.1 Å². The van der Waals surface area contributed by atoms with Crippen LogP contribution in [0, 0.1) is 11.6 Å². The maximum atomic E-state index is 16.9. The van der Waals surface area contributed by atoms with Crippen LogP contribution in [0.1, 0.15) is 81.3 Å². The van der Waals surface area contributed by atoms with Crippen LogP contribution in [-0.4, -0.2) is 68.7 Å². The number of halogens is 3. The van der Waals surface area contributed by atoms with Gasteiger partial charge in [0, 0.05) is 49.4 Å². The van der Waals surface area contributed by atoms with E-state index in [1.54, 1.807) is 34.7 Å². The molecule has 5 rings (SSSR count). The number of fused-ring (bicyclic) bond motifs is 1. The van der Waals surface area contributed by atoms with Crippen LogP contribution in [0.2, 0.25) is 5.02 Å². The molecule has 4 atom stereocenters. The molecule has 270 valence electrons. The van der Waals surface area contributed by atoms with Gasteiger partial charge in [0.1, 0.15) is 23.8 Å². The van der Waals surface area contributed by atoms with E-state index in [-0.39, 0.29) is 47.6 Å². The number of rotatable bonds is 10. The second kappa shape index (κ2) is 15.1. The van der Waals surface area contributed by atoms with Crippen molar-refractivity contribution in [2.45, 2.75) is 83.4 Å². The fourth-order valence-electron chi connectivity index (χ4n) is 6.50. The van der Waals surface area contributed by atoms with Crippen molar-refractivity contribution in [2.75, 3.05) is 33.9 Å². The number of likely N-dealkylation sites (N-methyl/N-ethyl adjacent to an activating group) is 1. The Kier molecular flexibility index (Phi) is 11.3. The number of hydrogen-bond acceptors (Lipinski definition) is 7. The van der Waals surface area contributed by atoms with Gasteiger partial charge in [0.2, 0.25) is 0 Å². The predicted octanol–water partition coefficient (Wildman–Crippen LogP) is 8.21. The summed E-state index contributed by atoms with van der Waals surface area (Å²) in [5, 5.41) is 2.15. The molecule has 1 N–H and O–H groups in total. The van der Waals surface area contributed by atoms with E-state index in [1.807, 2.05) is 37.3 Å². The molecule has 0 radical (unpaired) electrons. The molecule has 1 unspecified atom stereocenters. The van der Waals surface area contributed by atoms with Crippen molar-refractivity contribution < 1.29 is 42.1 Å². The molecule has 9 nitrogen and oxygen atoms in total. The van der Waals surface area contributed by atoms with E-state index in [4.69, 9.17) is 35.3 Å². The van der Waals surface area contributed by atoms with Crippen molar-refractivity contribution in [3.8, 4) is 22.6 Å². The lowest BCUT2D eigenvalue weighted by Crippen LogP contribution is -2.47. The molecule has 0 saturated carbocycles. The SMILES string of the molecule is CNC(=O)c1ccc(OC[C@H](C)OC2CCCCO2)c(F)c1-c1c(Cl)c(F)cc2c1[C@H](C)[C@@](CN(C)C(=O)OC(C)(C)C)(c1ccccc1)O2. The Balaban J connectivity index is 1.60. The monoisotopic (exact) mass is 714 g/mol. The normalized spacial score (nSPS) is 20.8. The largest absolute Gasteiger partial charge is 0.488 e. The third kappa shape index (κ3) is 7.70. The Morgan fingerprint density at radius 2 is 1.84 bits per heavy atom. The maximum Gasteiger partial charge on any atom is 0.410 e. The first-order valence-electron chi connectivity index (χ1n) is 16.8. The quantitative estimate of drug-likeness (QED) is 0.226. The number of amides is 2. The fraction of sp³-hybridized carbons (Fsp3) is 0.474. The van der Waals surface area contributed by atoms with Gasteiger partial charge in [0.25, 0.3) is 5.91 Å². The van der Waals surface area contributed by atoms with E-state index >= 15 is 8.78 Å². The van der Waals surface area contributed by atoms with Gasteiger partial charge in [0.05, 0.1) is 23.2 Å². The van der Waals surface area contributed by atoms with Crippen LogP contribution in [0.25, 0.3) is 11.1 Å². The van der Waals surface area contributed by atoms with Crippen LogP contribution >= 0.6 is 11.6 Å². The summed E-state index contributed by atoms with van der Waals surface area (Å²) in [7, 11) is 3.00. The minimum atomic E-state index is -1.28. The molecular weight excluding hydrogens is 670 g/mol. The van der Waals surface area contributed by atoms with E-state index in [2.05, 4.69) is 5.32 Å². The molecule has 0 aliphatic carbocycles. The number of benzene rings is 3. The summed E-state index contributed by atoms with van der Waals surface area (Å²) in [6.45, 7) is 9.51. The summed E-state index contributed by atoms with van der Waals surface area (Å²) in [4.78, 5) is 27.8. The number of nitrogens with zero attached hydrogens (tertiary/aromatic N) is 1. The van der Waals surface area contributed by atoms with E-state index in [0.29, 0.717) is 17.7 Å². The van der Waals surface area contributed by atoms with E-state index < -0.39 is 51.9 Å². The molecule has 1 saturated heterocycles. The van der Waals surface area contributed by atoms with Crippen LogP contribution in [0.15, 0.2) is 48.5 Å². The van der Waals surface area contributed by atoms with E-state index in [0.717, 1.165) is 25.3 Å². The smallest absolute Gasteiger partial charge is 0.410 e. The molecule has 3 aromatic carbocycles. The minimum absolute atomic E-state index is 0.0157. The molecule has 0 bridgehead atoms. The standard InChI is InChI=1S/C38H45ClF2N2O7/c1-22(48-29-15-11-12-18-46-29)20-47-27-17-16-25(35(44)42-6)31(34(27)41)32-30-23(2)38(24-13-9-8-10-14-24,49-28(30)19-26(40)33(32)39)21-43(7)36(45)50-37(3,4)5/h8-10,13-14,16-17,19,22-23,29H,11-12,15,18,20-21H2,1-7H3,(H,42,44)/t22-,23-,29?,38-/m0/s1. The van der Waals surface area contributed by atoms with Gasteiger partial charge in [-0.25, -0.2) is 13.6 Å². The van der Waals surface area contributed by atoms with Crippen molar-refractivity contribution in [1.29, 1.82) is 0 Å². The van der Waals surface area contributed by atoms with E-state index in [9.17, 15) is 9.59 Å². The number of ether oxygens (including phenoxy) is 5. The molecule has 2 amide bonds. The zero-order valence-corrected chi connectivity index (χ0v) is 30.3. The van der Waals surface area contributed by atoms with Crippen LogP contribution < -0.4 is 14.8 Å². The highest BCUT2D eigenvalue weighted by atomic mass is 35.5. The van der Waals surface area contributed by atoms with Gasteiger partial charge in [0.15, 0.2) is 23.5 Å². The number of carbonyl (C=O) groups excluding carboxylic acids is 2. The van der Waals surface area contributed by atoms with Crippen molar-refractivity contribution in [2.24, 2.45) is 0 Å². The summed E-state index contributed by atoms with van der Waals surface area (Å²) in [5.41, 5.74) is -1.37. The van der Waals surface area contributed by atoms with Gasteiger partial charge < -0.3 is 33.9 Å². The lowest BCUT2D eigenvalue weighted by molar-refractivity contribution is -0.189. The lowest BCUT2D eigenvalue weighted by Gasteiger charge is -2.37. The molecule has 2 heterocycles. The van der Waals surface area contributed by atoms with Crippen molar-refractivity contribution >= 4 is 23.6 Å². The highest BCUT2D eigenvalue weighted by molar-refractivity contribution is 6.34. The van der Waals surface area contributed by atoms with Gasteiger partial charge in [-0.2, -0.15) is 0 Å². The molecule has 0 aromatic heterocycles. The van der Waals surface area contributed by atoms with Crippen molar-refractivity contribution in [3.05, 3.63) is 81.9 Å². The first kappa shape index (κ1) is 37.3. The van der Waals surface area contributed by atoms with Gasteiger partial charge in [-0.3, -0.25) is 4.79 Å². The number of hydrogen-bond donors (Lipinski definition) is 1. The Morgan fingerprint density at radius 3 is 2.48 bits per heavy atom. The zero-order valence-electron chi connectivity index (χ0n) is 29.5. The van der Waals surface area contributed by atoms with Crippen molar-refractivity contribution in [1.82, 2.24) is 10.2 Å². The third-order valence-electron chi connectivity index (χ3n) is 8.91. The Morgan fingerprint density at radius 1 is 1.12 bits per heavy atom. The zero-order chi connectivity index (χ0) is 36.4. The maximum absolute atomic E-state index is 16.9. The molecule has 2 aliphatic heterocycles. The average Bonchev–Trinajstić information content (AvgIpc) is 3.35. The highest BCUT2D eigenvalue weighted by Gasteiger charge is 2.51. The lowest BCUT2D eigenvalue weighted by atomic mass is 9.77. The van der Waals surface area contributed by atoms with Gasteiger partial charge in [-0.05, 0) is 64.7 Å². The van der Waals surface area contributed by atoms with Crippen LogP contribution in [-0.2, 0) is 19.8 Å². The number of nitrogens with one attached hydrogen (secondary N) is 1. The van der Waals surface area contributed by atoms with Gasteiger partial charge in [-0.1, -0.05) is 48.9 Å². The summed E-state index contributed by atoms with van der Waals surface area (Å²) < 4.78 is 62.5. The topological polar surface area (TPSA) is 95.6 Å². The summed E-state index contributed by atoms with van der Waals surface area (Å²) in [5.74, 6) is -3.12. The first-order chi connectivity index (χ1) is 23.7. The van der Waals surface area contributed by atoms with Gasteiger partial charge >= 0.3 is 6.09 Å². The molecule has 0 spiro atoms. The highest BCUT2D eigenvalue weighted by Crippen LogP contribution is 2.57. The average molecular weight is 715 g/mol. The Bertz CT molecular complexity index is 1710.